The predicted octanol–water partition coefficient (Wildman–Crippen LogP) is 4.57. The van der Waals surface area contributed by atoms with Gasteiger partial charge in [-0.1, -0.05) is 30.0 Å². The summed E-state index contributed by atoms with van der Waals surface area (Å²) in [7, 11) is 0. The number of anilines is 2. The number of carbonyl (C=O) groups is 1. The Morgan fingerprint density at radius 3 is 2.73 bits per heavy atom. The molecule has 4 rings (SSSR count). The summed E-state index contributed by atoms with van der Waals surface area (Å²) >= 11 is 2.97. The molecule has 0 aliphatic carbocycles. The van der Waals surface area contributed by atoms with Crippen LogP contribution in [0.3, 0.4) is 0 Å². The van der Waals surface area contributed by atoms with E-state index < -0.39 is 0 Å². The third-order valence-corrected chi connectivity index (χ3v) is 6.13. The van der Waals surface area contributed by atoms with Gasteiger partial charge in [0.1, 0.15) is 10.6 Å². The second-order valence-corrected chi connectivity index (χ2v) is 8.13. The second kappa shape index (κ2) is 7.25. The number of carbonyl (C=O) groups excluding carboxylic acids is 1. The number of thiophene rings is 1. The maximum atomic E-state index is 12.8. The molecule has 0 saturated carbocycles. The molecule has 26 heavy (non-hydrogen) atoms. The lowest BCUT2D eigenvalue weighted by Crippen LogP contribution is -2.19. The quantitative estimate of drug-likeness (QED) is 0.527. The van der Waals surface area contributed by atoms with Crippen LogP contribution in [-0.4, -0.2) is 35.2 Å². The lowest BCUT2D eigenvalue weighted by molar-refractivity contribution is 0.103. The van der Waals surface area contributed by atoms with Crippen LogP contribution in [0.2, 0.25) is 0 Å². The van der Waals surface area contributed by atoms with E-state index in [2.05, 4.69) is 15.2 Å². The van der Waals surface area contributed by atoms with Gasteiger partial charge in [0.15, 0.2) is 5.16 Å². The summed E-state index contributed by atoms with van der Waals surface area (Å²) in [5, 5.41) is 4.74. The Bertz CT molecular complexity index is 963. The Labute approximate surface area is 160 Å². The Hall–Kier alpha value is -2.12. The average Bonchev–Trinajstić information content (AvgIpc) is 3.32. The normalized spacial score (nSPS) is 14.2. The molecule has 1 aromatic carbocycles. The summed E-state index contributed by atoms with van der Waals surface area (Å²) in [5.74, 6) is 0.864. The first-order chi connectivity index (χ1) is 12.7. The Morgan fingerprint density at radius 1 is 1.23 bits per heavy atom. The molecule has 0 radical (unpaired) electrons. The Kier molecular flexibility index (Phi) is 4.82. The predicted molar refractivity (Wildman–Crippen MR) is 110 cm³/mol. The van der Waals surface area contributed by atoms with E-state index in [-0.39, 0.29) is 5.91 Å². The van der Waals surface area contributed by atoms with Gasteiger partial charge in [-0.3, -0.25) is 4.79 Å². The standard InChI is InChI=1S/C19H20N4OS2/c1-12-7-3-4-8-14(12)20-17(24)15-11-13-16(23-9-5-6-10-23)21-19(25-2)22-18(13)26-15/h3-4,7-8,11H,5-6,9-10H2,1-2H3,(H,20,24). The molecule has 5 nitrogen and oxygen atoms in total. The van der Waals surface area contributed by atoms with Crippen molar-refractivity contribution in [3.05, 3.63) is 40.8 Å². The molecule has 0 bridgehead atoms. The van der Waals surface area contributed by atoms with Crippen molar-refractivity contribution in [2.75, 3.05) is 29.6 Å². The smallest absolute Gasteiger partial charge is 0.265 e. The van der Waals surface area contributed by atoms with E-state index >= 15 is 0 Å². The minimum absolute atomic E-state index is 0.0969. The molecule has 1 amide bonds. The van der Waals surface area contributed by atoms with Gasteiger partial charge >= 0.3 is 0 Å². The van der Waals surface area contributed by atoms with Gasteiger partial charge in [0.2, 0.25) is 0 Å². The summed E-state index contributed by atoms with van der Waals surface area (Å²) < 4.78 is 0. The number of para-hydroxylation sites is 1. The van der Waals surface area contributed by atoms with Crippen molar-refractivity contribution in [1.29, 1.82) is 0 Å². The van der Waals surface area contributed by atoms with Gasteiger partial charge in [-0.05, 0) is 43.7 Å². The van der Waals surface area contributed by atoms with E-state index in [4.69, 9.17) is 4.98 Å². The van der Waals surface area contributed by atoms with Crippen molar-refractivity contribution in [3.63, 3.8) is 0 Å². The molecule has 1 N–H and O–H groups in total. The molecular formula is C19H20N4OS2. The van der Waals surface area contributed by atoms with E-state index in [0.29, 0.717) is 4.88 Å². The number of benzene rings is 1. The van der Waals surface area contributed by atoms with Gasteiger partial charge in [-0.15, -0.1) is 11.3 Å². The van der Waals surface area contributed by atoms with Gasteiger partial charge in [0.05, 0.1) is 10.3 Å². The molecule has 0 atom stereocenters. The van der Waals surface area contributed by atoms with Crippen molar-refractivity contribution in [3.8, 4) is 0 Å². The van der Waals surface area contributed by atoms with Gasteiger partial charge in [0, 0.05) is 18.8 Å². The van der Waals surface area contributed by atoms with E-state index in [1.165, 1.54) is 35.9 Å². The minimum atomic E-state index is -0.0969. The van der Waals surface area contributed by atoms with Crippen molar-refractivity contribution >= 4 is 50.7 Å². The summed E-state index contributed by atoms with van der Waals surface area (Å²) in [6, 6.07) is 9.73. The second-order valence-electron chi connectivity index (χ2n) is 6.33. The highest BCUT2D eigenvalue weighted by Gasteiger charge is 2.21. The highest BCUT2D eigenvalue weighted by atomic mass is 32.2. The SMILES string of the molecule is CSc1nc(N2CCCC2)c2cc(C(=O)Nc3ccccc3C)sc2n1. The van der Waals surface area contributed by atoms with Crippen LogP contribution in [0.25, 0.3) is 10.2 Å². The number of hydrogen-bond acceptors (Lipinski definition) is 6. The summed E-state index contributed by atoms with van der Waals surface area (Å²) in [6.45, 7) is 4.02. The fourth-order valence-electron chi connectivity index (χ4n) is 3.16. The summed E-state index contributed by atoms with van der Waals surface area (Å²) in [4.78, 5) is 25.9. The lowest BCUT2D eigenvalue weighted by Gasteiger charge is -2.17. The van der Waals surface area contributed by atoms with Crippen molar-refractivity contribution in [1.82, 2.24) is 9.97 Å². The largest absolute Gasteiger partial charge is 0.356 e. The van der Waals surface area contributed by atoms with E-state index in [1.54, 1.807) is 0 Å². The molecule has 134 valence electrons. The first-order valence-corrected chi connectivity index (χ1v) is 10.7. The van der Waals surface area contributed by atoms with Gasteiger partial charge in [-0.25, -0.2) is 9.97 Å². The molecule has 2 aromatic heterocycles. The highest BCUT2D eigenvalue weighted by molar-refractivity contribution is 7.98. The molecule has 0 unspecified atom stereocenters. The zero-order chi connectivity index (χ0) is 18.1. The number of thioether (sulfide) groups is 1. The molecule has 1 aliphatic heterocycles. The first kappa shape index (κ1) is 17.3. The molecule has 7 heteroatoms. The molecule has 3 aromatic rings. The van der Waals surface area contributed by atoms with Crippen LogP contribution in [0.4, 0.5) is 11.5 Å². The van der Waals surface area contributed by atoms with E-state index in [1.807, 2.05) is 43.5 Å². The number of nitrogens with one attached hydrogen (secondary N) is 1. The van der Waals surface area contributed by atoms with Gasteiger partial charge in [0.25, 0.3) is 5.91 Å². The molecule has 3 heterocycles. The number of rotatable bonds is 4. The van der Waals surface area contributed by atoms with Crippen molar-refractivity contribution < 1.29 is 4.79 Å². The van der Waals surface area contributed by atoms with Gasteiger partial charge < -0.3 is 10.2 Å². The minimum Gasteiger partial charge on any atom is -0.356 e. The average molecular weight is 385 g/mol. The first-order valence-electron chi connectivity index (χ1n) is 8.63. The zero-order valence-electron chi connectivity index (χ0n) is 14.8. The van der Waals surface area contributed by atoms with Crippen LogP contribution in [0.15, 0.2) is 35.5 Å². The number of amides is 1. The van der Waals surface area contributed by atoms with Crippen molar-refractivity contribution in [2.45, 2.75) is 24.9 Å². The fraction of sp³-hybridized carbons (Fsp3) is 0.316. The number of aromatic nitrogens is 2. The number of nitrogens with zero attached hydrogens (tertiary/aromatic N) is 3. The van der Waals surface area contributed by atoms with E-state index in [0.717, 1.165) is 45.5 Å². The van der Waals surface area contributed by atoms with Crippen molar-refractivity contribution in [2.24, 2.45) is 0 Å². The van der Waals surface area contributed by atoms with E-state index in [9.17, 15) is 4.79 Å². The van der Waals surface area contributed by atoms with Crippen LogP contribution in [-0.2, 0) is 0 Å². The molecule has 0 spiro atoms. The Balaban J connectivity index is 1.71. The summed E-state index contributed by atoms with van der Waals surface area (Å²) in [6.07, 6.45) is 4.35. The maximum absolute atomic E-state index is 12.8. The highest BCUT2D eigenvalue weighted by Crippen LogP contribution is 2.34. The zero-order valence-corrected chi connectivity index (χ0v) is 16.4. The third kappa shape index (κ3) is 3.29. The van der Waals surface area contributed by atoms with Crippen LogP contribution in [0, 0.1) is 6.92 Å². The lowest BCUT2D eigenvalue weighted by atomic mass is 10.2. The number of fused-ring (bicyclic) bond motifs is 1. The molecule has 1 aliphatic rings. The van der Waals surface area contributed by atoms with Crippen LogP contribution in [0.1, 0.15) is 28.1 Å². The van der Waals surface area contributed by atoms with Crippen LogP contribution < -0.4 is 10.2 Å². The molecule has 1 saturated heterocycles. The topological polar surface area (TPSA) is 58.1 Å². The maximum Gasteiger partial charge on any atom is 0.265 e. The number of aryl methyl sites for hydroxylation is 1. The van der Waals surface area contributed by atoms with Gasteiger partial charge in [-0.2, -0.15) is 0 Å². The number of hydrogen-bond donors (Lipinski definition) is 1. The third-order valence-electron chi connectivity index (χ3n) is 4.56. The van der Waals surface area contributed by atoms with Crippen LogP contribution >= 0.6 is 23.1 Å². The molecule has 1 fully saturated rings. The molecular weight excluding hydrogens is 364 g/mol. The monoisotopic (exact) mass is 384 g/mol. The summed E-state index contributed by atoms with van der Waals surface area (Å²) in [5.41, 5.74) is 1.88. The van der Waals surface area contributed by atoms with Crippen LogP contribution in [0.5, 0.6) is 0 Å². The fourth-order valence-corrected chi connectivity index (χ4v) is 4.50. The Morgan fingerprint density at radius 2 is 2.00 bits per heavy atom.